The SMILES string of the molecule is CC#C[C@@H](CC(C)=O)c1ccc(O)cc1. The average molecular weight is 202 g/mol. The number of benzene rings is 1. The normalized spacial score (nSPS) is 11.3. The lowest BCUT2D eigenvalue weighted by Crippen LogP contribution is -2.01. The zero-order valence-electron chi connectivity index (χ0n) is 8.95. The summed E-state index contributed by atoms with van der Waals surface area (Å²) in [5, 5.41) is 9.15. The Bertz CT molecular complexity index is 393. The van der Waals surface area contributed by atoms with Crippen LogP contribution < -0.4 is 0 Å². The van der Waals surface area contributed by atoms with Gasteiger partial charge in [0.2, 0.25) is 0 Å². The summed E-state index contributed by atoms with van der Waals surface area (Å²) in [6.07, 6.45) is 0.422. The lowest BCUT2D eigenvalue weighted by molar-refractivity contribution is -0.117. The molecule has 78 valence electrons. The van der Waals surface area contributed by atoms with Crippen molar-refractivity contribution in [3.05, 3.63) is 29.8 Å². The molecule has 0 aliphatic carbocycles. The van der Waals surface area contributed by atoms with Gasteiger partial charge < -0.3 is 5.11 Å². The maximum atomic E-state index is 11.1. The number of ketones is 1. The first kappa shape index (κ1) is 11.3. The Balaban J connectivity index is 2.92. The molecule has 0 radical (unpaired) electrons. The van der Waals surface area contributed by atoms with Gasteiger partial charge in [0.25, 0.3) is 0 Å². The molecule has 15 heavy (non-hydrogen) atoms. The minimum absolute atomic E-state index is 0.0619. The van der Waals surface area contributed by atoms with Gasteiger partial charge in [-0.15, -0.1) is 5.92 Å². The number of carbonyl (C=O) groups excluding carboxylic acids is 1. The molecule has 1 atom stereocenters. The molecule has 1 N–H and O–H groups in total. The van der Waals surface area contributed by atoms with Crippen molar-refractivity contribution in [3.8, 4) is 17.6 Å². The highest BCUT2D eigenvalue weighted by Gasteiger charge is 2.10. The van der Waals surface area contributed by atoms with Crippen molar-refractivity contribution in [1.82, 2.24) is 0 Å². The van der Waals surface area contributed by atoms with Crippen molar-refractivity contribution in [1.29, 1.82) is 0 Å². The van der Waals surface area contributed by atoms with E-state index in [1.165, 1.54) is 0 Å². The summed E-state index contributed by atoms with van der Waals surface area (Å²) in [5.74, 6) is 6.10. The van der Waals surface area contributed by atoms with Crippen LogP contribution >= 0.6 is 0 Å². The molecule has 2 nitrogen and oxygen atoms in total. The largest absolute Gasteiger partial charge is 0.508 e. The molecule has 0 fully saturated rings. The van der Waals surface area contributed by atoms with Crippen LogP contribution in [-0.2, 0) is 4.79 Å². The van der Waals surface area contributed by atoms with Crippen LogP contribution in [0.5, 0.6) is 5.75 Å². The predicted molar refractivity (Wildman–Crippen MR) is 59.6 cm³/mol. The smallest absolute Gasteiger partial charge is 0.131 e. The summed E-state index contributed by atoms with van der Waals surface area (Å²) in [6, 6.07) is 6.82. The van der Waals surface area contributed by atoms with E-state index < -0.39 is 0 Å². The third-order valence-electron chi connectivity index (χ3n) is 2.11. The van der Waals surface area contributed by atoms with Crippen LogP contribution in [0.4, 0.5) is 0 Å². The first-order valence-corrected chi connectivity index (χ1v) is 4.84. The van der Waals surface area contributed by atoms with E-state index in [9.17, 15) is 4.79 Å². The van der Waals surface area contributed by atoms with Crippen molar-refractivity contribution in [3.63, 3.8) is 0 Å². The second-order valence-corrected chi connectivity index (χ2v) is 3.44. The molecule has 0 saturated heterocycles. The van der Waals surface area contributed by atoms with Crippen LogP contribution in [0.25, 0.3) is 0 Å². The predicted octanol–water partition coefficient (Wildman–Crippen LogP) is 2.48. The fourth-order valence-electron chi connectivity index (χ4n) is 1.42. The molecular weight excluding hydrogens is 188 g/mol. The molecule has 0 unspecified atom stereocenters. The fraction of sp³-hybridized carbons (Fsp3) is 0.308. The van der Waals surface area contributed by atoms with Crippen LogP contribution in [0, 0.1) is 11.8 Å². The minimum atomic E-state index is -0.0619. The molecule has 0 aliphatic heterocycles. The summed E-state index contributed by atoms with van der Waals surface area (Å²) in [7, 11) is 0. The first-order chi connectivity index (χ1) is 7.13. The van der Waals surface area contributed by atoms with Gasteiger partial charge in [-0.3, -0.25) is 4.79 Å². The number of phenols is 1. The van der Waals surface area contributed by atoms with E-state index in [2.05, 4.69) is 11.8 Å². The van der Waals surface area contributed by atoms with E-state index in [1.54, 1.807) is 38.1 Å². The third kappa shape index (κ3) is 3.47. The van der Waals surface area contributed by atoms with Crippen LogP contribution in [0.15, 0.2) is 24.3 Å². The minimum Gasteiger partial charge on any atom is -0.508 e. The zero-order valence-corrected chi connectivity index (χ0v) is 8.95. The molecular formula is C13H14O2. The Labute approximate surface area is 89.9 Å². The lowest BCUT2D eigenvalue weighted by atomic mass is 9.94. The highest BCUT2D eigenvalue weighted by atomic mass is 16.3. The summed E-state index contributed by atoms with van der Waals surface area (Å²) < 4.78 is 0. The molecule has 0 bridgehead atoms. The van der Waals surface area contributed by atoms with E-state index in [0.29, 0.717) is 6.42 Å². The Morgan fingerprint density at radius 2 is 2.00 bits per heavy atom. The highest BCUT2D eigenvalue weighted by Crippen LogP contribution is 2.21. The molecule has 1 aromatic rings. The second-order valence-electron chi connectivity index (χ2n) is 3.44. The van der Waals surface area contributed by atoms with E-state index >= 15 is 0 Å². The molecule has 0 saturated carbocycles. The fourth-order valence-corrected chi connectivity index (χ4v) is 1.42. The van der Waals surface area contributed by atoms with Gasteiger partial charge in [0.05, 0.1) is 5.92 Å². The maximum Gasteiger partial charge on any atom is 0.131 e. The van der Waals surface area contributed by atoms with Crippen molar-refractivity contribution >= 4 is 5.78 Å². The summed E-state index contributed by atoms with van der Waals surface area (Å²) in [4.78, 5) is 11.1. The van der Waals surface area contributed by atoms with Crippen molar-refractivity contribution in [2.24, 2.45) is 0 Å². The summed E-state index contributed by atoms with van der Waals surface area (Å²) in [5.41, 5.74) is 0.970. The number of Topliss-reactive ketones (excluding diaryl/α,β-unsaturated/α-hetero) is 1. The topological polar surface area (TPSA) is 37.3 Å². The van der Waals surface area contributed by atoms with E-state index in [-0.39, 0.29) is 17.5 Å². The summed E-state index contributed by atoms with van der Waals surface area (Å²) >= 11 is 0. The molecule has 1 rings (SSSR count). The molecule has 0 aromatic heterocycles. The Morgan fingerprint density at radius 1 is 1.40 bits per heavy atom. The average Bonchev–Trinajstić information content (AvgIpc) is 2.17. The van der Waals surface area contributed by atoms with Crippen LogP contribution in [0.2, 0.25) is 0 Å². The number of hydrogen-bond acceptors (Lipinski definition) is 2. The Hall–Kier alpha value is -1.75. The van der Waals surface area contributed by atoms with Crippen molar-refractivity contribution < 1.29 is 9.90 Å². The van der Waals surface area contributed by atoms with Gasteiger partial charge >= 0.3 is 0 Å². The van der Waals surface area contributed by atoms with Crippen LogP contribution in [0.1, 0.15) is 31.7 Å². The van der Waals surface area contributed by atoms with Crippen LogP contribution in [-0.4, -0.2) is 10.9 Å². The number of carbonyl (C=O) groups is 1. The molecule has 2 heteroatoms. The van der Waals surface area contributed by atoms with Gasteiger partial charge in [-0.05, 0) is 31.5 Å². The molecule has 1 aromatic carbocycles. The quantitative estimate of drug-likeness (QED) is 0.764. The zero-order chi connectivity index (χ0) is 11.3. The number of aromatic hydroxyl groups is 1. The van der Waals surface area contributed by atoms with E-state index in [1.807, 2.05) is 0 Å². The van der Waals surface area contributed by atoms with Gasteiger partial charge in [0, 0.05) is 6.42 Å². The number of rotatable bonds is 3. The van der Waals surface area contributed by atoms with Gasteiger partial charge in [0.15, 0.2) is 0 Å². The standard InChI is InChI=1S/C13H14O2/c1-3-4-12(9-10(2)14)11-5-7-13(15)8-6-11/h5-8,12,15H,9H2,1-2H3/t12-/m0/s1. The van der Waals surface area contributed by atoms with Crippen molar-refractivity contribution in [2.75, 3.05) is 0 Å². The monoisotopic (exact) mass is 202 g/mol. The first-order valence-electron chi connectivity index (χ1n) is 4.84. The summed E-state index contributed by atoms with van der Waals surface area (Å²) in [6.45, 7) is 3.32. The number of hydrogen-bond donors (Lipinski definition) is 1. The lowest BCUT2D eigenvalue weighted by Gasteiger charge is -2.08. The molecule has 0 amide bonds. The van der Waals surface area contributed by atoms with E-state index in [0.717, 1.165) is 5.56 Å². The molecule has 0 heterocycles. The second kappa shape index (κ2) is 5.21. The van der Waals surface area contributed by atoms with E-state index in [4.69, 9.17) is 5.11 Å². The third-order valence-corrected chi connectivity index (χ3v) is 2.11. The Morgan fingerprint density at radius 3 is 2.47 bits per heavy atom. The Kier molecular flexibility index (Phi) is 3.93. The maximum absolute atomic E-state index is 11.1. The van der Waals surface area contributed by atoms with Gasteiger partial charge in [-0.2, -0.15) is 0 Å². The highest BCUT2D eigenvalue weighted by molar-refractivity contribution is 5.77. The molecule has 0 aliphatic rings. The number of phenolic OH excluding ortho intramolecular Hbond substituents is 1. The van der Waals surface area contributed by atoms with Crippen molar-refractivity contribution in [2.45, 2.75) is 26.2 Å². The van der Waals surface area contributed by atoms with Gasteiger partial charge in [0.1, 0.15) is 11.5 Å². The van der Waals surface area contributed by atoms with Gasteiger partial charge in [-0.1, -0.05) is 18.1 Å². The van der Waals surface area contributed by atoms with Crippen LogP contribution in [0.3, 0.4) is 0 Å². The molecule has 0 spiro atoms. The van der Waals surface area contributed by atoms with Gasteiger partial charge in [-0.25, -0.2) is 0 Å².